The molecule has 6 nitrogen and oxygen atoms in total. The highest BCUT2D eigenvalue weighted by atomic mass is 16.3. The molecule has 0 spiro atoms. The fraction of sp³-hybridized carbons (Fsp3) is 0.394. The van der Waals surface area contributed by atoms with Crippen LogP contribution in [-0.4, -0.2) is 61.3 Å². The van der Waals surface area contributed by atoms with E-state index in [0.29, 0.717) is 25.6 Å². The minimum absolute atomic E-state index is 0.00828. The van der Waals surface area contributed by atoms with Crippen molar-refractivity contribution in [3.63, 3.8) is 0 Å². The fourth-order valence-corrected chi connectivity index (χ4v) is 6.21. The van der Waals surface area contributed by atoms with Crippen LogP contribution in [0, 0.1) is 31.1 Å². The maximum Gasteiger partial charge on any atom is 0.254 e. The molecule has 2 aliphatic heterocycles. The van der Waals surface area contributed by atoms with Crippen LogP contribution in [0.15, 0.2) is 66.7 Å². The molecule has 3 aromatic rings. The third-order valence-electron chi connectivity index (χ3n) is 8.47. The Bertz CT molecular complexity index is 1340. The van der Waals surface area contributed by atoms with E-state index in [4.69, 9.17) is 0 Å². The van der Waals surface area contributed by atoms with E-state index in [1.807, 2.05) is 54.3 Å². The number of aliphatic hydroxyl groups is 1. The number of piperidine rings is 1. The van der Waals surface area contributed by atoms with Gasteiger partial charge in [0, 0.05) is 44.0 Å². The van der Waals surface area contributed by atoms with Crippen molar-refractivity contribution >= 4 is 17.3 Å². The van der Waals surface area contributed by atoms with Crippen molar-refractivity contribution in [3.05, 3.63) is 94.5 Å². The summed E-state index contributed by atoms with van der Waals surface area (Å²) in [4.78, 5) is 20.2. The minimum atomic E-state index is -0.119. The predicted octanol–water partition coefficient (Wildman–Crippen LogP) is 4.96. The molecule has 3 aromatic carbocycles. The first kappa shape index (κ1) is 26.8. The van der Waals surface area contributed by atoms with Crippen molar-refractivity contribution in [2.24, 2.45) is 5.92 Å². The molecule has 0 radical (unpaired) electrons. The predicted molar refractivity (Wildman–Crippen MR) is 156 cm³/mol. The first-order chi connectivity index (χ1) is 19.0. The second kappa shape index (κ2) is 11.9. The van der Waals surface area contributed by atoms with Gasteiger partial charge in [-0.05, 0) is 86.1 Å². The molecule has 0 aromatic heterocycles. The molecule has 2 fully saturated rings. The summed E-state index contributed by atoms with van der Waals surface area (Å²) in [6.07, 6.45) is 3.09. The number of aryl methyl sites for hydroxylation is 2. The van der Waals surface area contributed by atoms with E-state index in [9.17, 15) is 15.2 Å². The lowest BCUT2D eigenvalue weighted by Crippen LogP contribution is -2.56. The second-order valence-electron chi connectivity index (χ2n) is 11.0. The van der Waals surface area contributed by atoms with Gasteiger partial charge in [-0.3, -0.25) is 4.79 Å². The van der Waals surface area contributed by atoms with Crippen LogP contribution in [0.1, 0.15) is 45.5 Å². The van der Waals surface area contributed by atoms with Gasteiger partial charge < -0.3 is 19.8 Å². The van der Waals surface area contributed by atoms with Crippen LogP contribution in [0.3, 0.4) is 0 Å². The van der Waals surface area contributed by atoms with Crippen LogP contribution >= 0.6 is 0 Å². The summed E-state index contributed by atoms with van der Waals surface area (Å²) < 4.78 is 0. The molecule has 0 aliphatic carbocycles. The van der Waals surface area contributed by atoms with E-state index < -0.39 is 0 Å². The van der Waals surface area contributed by atoms with E-state index >= 15 is 0 Å². The Morgan fingerprint density at radius 3 is 2.38 bits per heavy atom. The Kier molecular flexibility index (Phi) is 8.18. The zero-order chi connectivity index (χ0) is 27.4. The minimum Gasteiger partial charge on any atom is -0.394 e. The number of anilines is 2. The van der Waals surface area contributed by atoms with Crippen LogP contribution in [0.4, 0.5) is 11.4 Å². The summed E-state index contributed by atoms with van der Waals surface area (Å²) in [5.74, 6) is 0.607. The number of amides is 1. The van der Waals surface area contributed by atoms with Gasteiger partial charge in [-0.1, -0.05) is 36.4 Å². The number of rotatable bonds is 6. The van der Waals surface area contributed by atoms with Crippen molar-refractivity contribution in [3.8, 4) is 6.07 Å². The van der Waals surface area contributed by atoms with Crippen LogP contribution in [-0.2, 0) is 6.42 Å². The highest BCUT2D eigenvalue weighted by Crippen LogP contribution is 2.30. The van der Waals surface area contributed by atoms with Gasteiger partial charge in [-0.25, -0.2) is 0 Å². The summed E-state index contributed by atoms with van der Waals surface area (Å²) in [6, 6.07) is 24.5. The number of nitrogens with zero attached hydrogens (tertiary/aromatic N) is 4. The average molecular weight is 523 g/mol. The summed E-state index contributed by atoms with van der Waals surface area (Å²) in [5, 5.41) is 19.6. The second-order valence-corrected chi connectivity index (χ2v) is 11.0. The molecular formula is C33H38N4O2. The number of hydrogen-bond donors (Lipinski definition) is 1. The van der Waals surface area contributed by atoms with Crippen molar-refractivity contribution < 1.29 is 9.90 Å². The summed E-state index contributed by atoms with van der Waals surface area (Å²) >= 11 is 0. The van der Waals surface area contributed by atoms with E-state index in [-0.39, 0.29) is 18.6 Å². The van der Waals surface area contributed by atoms with E-state index in [1.54, 1.807) is 0 Å². The molecule has 2 aliphatic rings. The first-order valence-electron chi connectivity index (χ1n) is 14.0. The normalized spacial score (nSPS) is 18.2. The summed E-state index contributed by atoms with van der Waals surface area (Å²) in [6.45, 7) is 7.91. The topological polar surface area (TPSA) is 70.8 Å². The Morgan fingerprint density at radius 2 is 1.67 bits per heavy atom. The van der Waals surface area contributed by atoms with E-state index in [0.717, 1.165) is 60.4 Å². The largest absolute Gasteiger partial charge is 0.394 e. The number of benzene rings is 3. The van der Waals surface area contributed by atoms with Gasteiger partial charge in [0.15, 0.2) is 0 Å². The molecule has 2 heterocycles. The van der Waals surface area contributed by atoms with Crippen LogP contribution < -0.4 is 9.80 Å². The molecule has 5 rings (SSSR count). The summed E-state index contributed by atoms with van der Waals surface area (Å²) in [5.41, 5.74) is 7.13. The lowest BCUT2D eigenvalue weighted by Gasteiger charge is -2.42. The van der Waals surface area contributed by atoms with Gasteiger partial charge >= 0.3 is 0 Å². The number of nitriles is 1. The number of piperazine rings is 1. The van der Waals surface area contributed by atoms with E-state index in [1.165, 1.54) is 11.1 Å². The third kappa shape index (κ3) is 5.79. The van der Waals surface area contributed by atoms with Crippen molar-refractivity contribution in [2.45, 2.75) is 39.2 Å². The van der Waals surface area contributed by atoms with E-state index in [2.05, 4.69) is 47.1 Å². The molecule has 6 heteroatoms. The molecule has 0 unspecified atom stereocenters. The molecule has 202 valence electrons. The molecule has 39 heavy (non-hydrogen) atoms. The third-order valence-corrected chi connectivity index (χ3v) is 8.47. The molecular weight excluding hydrogens is 484 g/mol. The molecule has 0 bridgehead atoms. The smallest absolute Gasteiger partial charge is 0.254 e. The van der Waals surface area contributed by atoms with Crippen LogP contribution in [0.25, 0.3) is 0 Å². The molecule has 1 atom stereocenters. The maximum atomic E-state index is 13.7. The lowest BCUT2D eigenvalue weighted by atomic mass is 9.86. The van der Waals surface area contributed by atoms with Gasteiger partial charge in [0.05, 0.1) is 23.9 Å². The van der Waals surface area contributed by atoms with Gasteiger partial charge in [0.1, 0.15) is 6.07 Å². The first-order valence-corrected chi connectivity index (χ1v) is 14.0. The molecule has 2 saturated heterocycles. The summed E-state index contributed by atoms with van der Waals surface area (Å²) in [7, 11) is 0. The number of hydrogen-bond acceptors (Lipinski definition) is 5. The number of para-hydroxylation sites is 2. The Hall–Kier alpha value is -3.82. The highest BCUT2D eigenvalue weighted by Gasteiger charge is 2.31. The molecule has 0 saturated carbocycles. The zero-order valence-corrected chi connectivity index (χ0v) is 23.0. The monoisotopic (exact) mass is 522 g/mol. The molecule has 1 N–H and O–H groups in total. The standard InChI is InChI=1S/C33H38N4O2/c1-24-18-25(2)31(33(39)36-16-17-37(30(22-36)23-38)29-9-4-3-5-10-29)20-28(24)19-26-12-14-35(15-13-26)32-11-7-6-8-27(32)21-34/h3-11,18,20,26,30,38H,12-17,19,22-23H2,1-2H3/t30-/m0/s1. The number of aliphatic hydroxyl groups excluding tert-OH is 1. The SMILES string of the molecule is Cc1cc(C)c(C(=O)N2CCN(c3ccccc3)[C@H](CO)C2)cc1CC1CCN(c2ccccc2C#N)CC1. The Morgan fingerprint density at radius 1 is 0.949 bits per heavy atom. The maximum absolute atomic E-state index is 13.7. The van der Waals surface area contributed by atoms with Crippen LogP contribution in [0.2, 0.25) is 0 Å². The fourth-order valence-electron chi connectivity index (χ4n) is 6.21. The van der Waals surface area contributed by atoms with Gasteiger partial charge in [-0.15, -0.1) is 0 Å². The molecule has 1 amide bonds. The lowest BCUT2D eigenvalue weighted by molar-refractivity contribution is 0.0698. The zero-order valence-electron chi connectivity index (χ0n) is 23.0. The van der Waals surface area contributed by atoms with Crippen molar-refractivity contribution in [2.75, 3.05) is 49.1 Å². The number of carbonyl (C=O) groups is 1. The van der Waals surface area contributed by atoms with Gasteiger partial charge in [0.2, 0.25) is 0 Å². The highest BCUT2D eigenvalue weighted by molar-refractivity contribution is 5.96. The average Bonchev–Trinajstić information content (AvgIpc) is 2.98. The van der Waals surface area contributed by atoms with Crippen molar-refractivity contribution in [1.29, 1.82) is 5.26 Å². The Labute approximate surface area is 232 Å². The van der Waals surface area contributed by atoms with Crippen LogP contribution in [0.5, 0.6) is 0 Å². The Balaban J connectivity index is 1.26. The number of carbonyl (C=O) groups excluding carboxylic acids is 1. The van der Waals surface area contributed by atoms with Gasteiger partial charge in [0.25, 0.3) is 5.91 Å². The van der Waals surface area contributed by atoms with Gasteiger partial charge in [-0.2, -0.15) is 5.26 Å². The van der Waals surface area contributed by atoms with Crippen molar-refractivity contribution in [1.82, 2.24) is 4.90 Å². The quantitative estimate of drug-likeness (QED) is 0.496.